The Morgan fingerprint density at radius 3 is 2.61 bits per heavy atom. The van der Waals surface area contributed by atoms with E-state index in [0.717, 1.165) is 25.3 Å². The van der Waals surface area contributed by atoms with Crippen LogP contribution in [0.4, 0.5) is 0 Å². The lowest BCUT2D eigenvalue weighted by Gasteiger charge is -2.26. The number of nitrogens with two attached hydrogens (primary N) is 1. The maximum Gasteiger partial charge on any atom is 0.122 e. The molecule has 0 aliphatic rings. The molecule has 0 aliphatic carbocycles. The molecule has 0 spiro atoms. The Bertz CT molecular complexity index is 375. The van der Waals surface area contributed by atoms with Gasteiger partial charge in [-0.2, -0.15) is 0 Å². The van der Waals surface area contributed by atoms with Crippen LogP contribution in [0.25, 0.3) is 0 Å². The molecule has 0 fully saturated rings. The molecule has 0 saturated carbocycles. The SMILES string of the molecule is CCc1cc(C(C)(C)CNCCN)ccc1OC. The van der Waals surface area contributed by atoms with Crippen molar-refractivity contribution in [1.29, 1.82) is 0 Å². The summed E-state index contributed by atoms with van der Waals surface area (Å²) in [7, 11) is 1.72. The lowest BCUT2D eigenvalue weighted by atomic mass is 9.83. The third-order valence-electron chi connectivity index (χ3n) is 3.33. The van der Waals surface area contributed by atoms with E-state index in [2.05, 4.69) is 44.3 Å². The molecule has 0 aliphatic heterocycles. The fourth-order valence-electron chi connectivity index (χ4n) is 2.08. The average Bonchev–Trinajstić information content (AvgIpc) is 2.38. The minimum Gasteiger partial charge on any atom is -0.496 e. The van der Waals surface area contributed by atoms with Crippen molar-refractivity contribution < 1.29 is 4.74 Å². The van der Waals surface area contributed by atoms with Gasteiger partial charge in [0.1, 0.15) is 5.75 Å². The molecule has 1 rings (SSSR count). The average molecular weight is 250 g/mol. The van der Waals surface area contributed by atoms with Crippen molar-refractivity contribution in [3.8, 4) is 5.75 Å². The van der Waals surface area contributed by atoms with Crippen LogP contribution in [0.5, 0.6) is 5.75 Å². The van der Waals surface area contributed by atoms with Crippen LogP contribution in [0.1, 0.15) is 31.9 Å². The molecule has 0 saturated heterocycles. The molecule has 0 unspecified atom stereocenters. The zero-order valence-electron chi connectivity index (χ0n) is 12.0. The Balaban J connectivity index is 2.87. The maximum absolute atomic E-state index is 5.50. The predicted molar refractivity (Wildman–Crippen MR) is 77.3 cm³/mol. The molecule has 18 heavy (non-hydrogen) atoms. The van der Waals surface area contributed by atoms with Crippen LogP contribution in [-0.4, -0.2) is 26.7 Å². The summed E-state index contributed by atoms with van der Waals surface area (Å²) in [6.45, 7) is 9.12. The molecule has 0 heterocycles. The maximum atomic E-state index is 5.50. The van der Waals surface area contributed by atoms with Crippen LogP contribution < -0.4 is 15.8 Å². The second-order valence-electron chi connectivity index (χ2n) is 5.23. The van der Waals surface area contributed by atoms with E-state index in [1.165, 1.54) is 11.1 Å². The fourth-order valence-corrected chi connectivity index (χ4v) is 2.08. The third-order valence-corrected chi connectivity index (χ3v) is 3.33. The largest absolute Gasteiger partial charge is 0.496 e. The normalized spacial score (nSPS) is 11.6. The van der Waals surface area contributed by atoms with Crippen LogP contribution in [0.3, 0.4) is 0 Å². The Kier molecular flexibility index (Phi) is 5.63. The molecule has 102 valence electrons. The number of aryl methyl sites for hydroxylation is 1. The molecule has 0 aromatic heterocycles. The summed E-state index contributed by atoms with van der Waals surface area (Å²) < 4.78 is 5.37. The number of rotatable bonds is 7. The van der Waals surface area contributed by atoms with E-state index in [4.69, 9.17) is 10.5 Å². The molecule has 0 atom stereocenters. The third kappa shape index (κ3) is 3.72. The first kappa shape index (κ1) is 15.0. The van der Waals surface area contributed by atoms with Gasteiger partial charge in [-0.3, -0.25) is 0 Å². The van der Waals surface area contributed by atoms with E-state index in [-0.39, 0.29) is 5.41 Å². The van der Waals surface area contributed by atoms with Crippen molar-refractivity contribution in [3.63, 3.8) is 0 Å². The van der Waals surface area contributed by atoms with Gasteiger partial charge >= 0.3 is 0 Å². The summed E-state index contributed by atoms with van der Waals surface area (Å²) in [6, 6.07) is 6.48. The highest BCUT2D eigenvalue weighted by atomic mass is 16.5. The van der Waals surface area contributed by atoms with Crippen molar-refractivity contribution in [1.82, 2.24) is 5.32 Å². The topological polar surface area (TPSA) is 47.3 Å². The van der Waals surface area contributed by atoms with Gasteiger partial charge in [0.25, 0.3) is 0 Å². The van der Waals surface area contributed by atoms with Gasteiger partial charge in [0.15, 0.2) is 0 Å². The lowest BCUT2D eigenvalue weighted by molar-refractivity contribution is 0.408. The van der Waals surface area contributed by atoms with E-state index in [0.29, 0.717) is 6.54 Å². The number of benzene rings is 1. The van der Waals surface area contributed by atoms with Gasteiger partial charge in [0.2, 0.25) is 0 Å². The first-order chi connectivity index (χ1) is 8.55. The Morgan fingerprint density at radius 1 is 1.33 bits per heavy atom. The van der Waals surface area contributed by atoms with Crippen molar-refractivity contribution >= 4 is 0 Å². The van der Waals surface area contributed by atoms with Gasteiger partial charge in [0.05, 0.1) is 7.11 Å². The smallest absolute Gasteiger partial charge is 0.122 e. The Labute approximate surface area is 111 Å². The van der Waals surface area contributed by atoms with E-state index < -0.39 is 0 Å². The van der Waals surface area contributed by atoms with E-state index in [9.17, 15) is 0 Å². The highest BCUT2D eigenvalue weighted by Crippen LogP contribution is 2.28. The predicted octanol–water partition coefficient (Wildman–Crippen LogP) is 2.08. The van der Waals surface area contributed by atoms with Gasteiger partial charge in [0, 0.05) is 25.0 Å². The van der Waals surface area contributed by atoms with Crippen LogP contribution in [0.15, 0.2) is 18.2 Å². The summed E-state index contributed by atoms with van der Waals surface area (Å²) in [5, 5.41) is 3.38. The van der Waals surface area contributed by atoms with E-state index >= 15 is 0 Å². The van der Waals surface area contributed by atoms with Crippen molar-refractivity contribution in [2.75, 3.05) is 26.7 Å². The molecular weight excluding hydrogens is 224 g/mol. The lowest BCUT2D eigenvalue weighted by Crippen LogP contribution is -2.35. The monoisotopic (exact) mass is 250 g/mol. The zero-order valence-corrected chi connectivity index (χ0v) is 12.0. The van der Waals surface area contributed by atoms with E-state index in [1.807, 2.05) is 0 Å². The molecule has 0 bridgehead atoms. The number of hydrogen-bond acceptors (Lipinski definition) is 3. The highest BCUT2D eigenvalue weighted by Gasteiger charge is 2.21. The number of hydrogen-bond donors (Lipinski definition) is 2. The van der Waals surface area contributed by atoms with Crippen LogP contribution in [0, 0.1) is 0 Å². The van der Waals surface area contributed by atoms with E-state index in [1.54, 1.807) is 7.11 Å². The first-order valence-electron chi connectivity index (χ1n) is 6.63. The first-order valence-corrected chi connectivity index (χ1v) is 6.63. The minimum absolute atomic E-state index is 0.103. The molecule has 1 aromatic rings. The van der Waals surface area contributed by atoms with Crippen LogP contribution in [-0.2, 0) is 11.8 Å². The van der Waals surface area contributed by atoms with Crippen molar-refractivity contribution in [3.05, 3.63) is 29.3 Å². The van der Waals surface area contributed by atoms with Gasteiger partial charge in [-0.05, 0) is 23.6 Å². The van der Waals surface area contributed by atoms with Gasteiger partial charge < -0.3 is 15.8 Å². The summed E-state index contributed by atoms with van der Waals surface area (Å²) >= 11 is 0. The summed E-state index contributed by atoms with van der Waals surface area (Å²) in [6.07, 6.45) is 0.989. The van der Waals surface area contributed by atoms with Crippen LogP contribution >= 0.6 is 0 Å². The molecule has 0 radical (unpaired) electrons. The molecule has 3 nitrogen and oxygen atoms in total. The Hall–Kier alpha value is -1.06. The van der Waals surface area contributed by atoms with Crippen LogP contribution in [0.2, 0.25) is 0 Å². The summed E-state index contributed by atoms with van der Waals surface area (Å²) in [4.78, 5) is 0. The minimum atomic E-state index is 0.103. The Morgan fingerprint density at radius 2 is 2.06 bits per heavy atom. The second-order valence-corrected chi connectivity index (χ2v) is 5.23. The quantitative estimate of drug-likeness (QED) is 0.728. The number of methoxy groups -OCH3 is 1. The molecular formula is C15H26N2O. The second kappa shape index (κ2) is 6.76. The summed E-state index contributed by atoms with van der Waals surface area (Å²) in [5.74, 6) is 0.979. The zero-order chi connectivity index (χ0) is 13.6. The number of nitrogens with one attached hydrogen (secondary N) is 1. The molecule has 1 aromatic carbocycles. The number of ether oxygens (including phenoxy) is 1. The molecule has 0 amide bonds. The van der Waals surface area contributed by atoms with Gasteiger partial charge in [-0.15, -0.1) is 0 Å². The van der Waals surface area contributed by atoms with Crippen molar-refractivity contribution in [2.24, 2.45) is 5.73 Å². The standard InChI is InChI=1S/C15H26N2O/c1-5-12-10-13(6-7-14(12)18-4)15(2,3)11-17-9-8-16/h6-7,10,17H,5,8-9,11,16H2,1-4H3. The fraction of sp³-hybridized carbons (Fsp3) is 0.600. The highest BCUT2D eigenvalue weighted by molar-refractivity contribution is 5.40. The molecule has 3 heteroatoms. The van der Waals surface area contributed by atoms with Crippen molar-refractivity contribution in [2.45, 2.75) is 32.6 Å². The van der Waals surface area contributed by atoms with Gasteiger partial charge in [-0.25, -0.2) is 0 Å². The van der Waals surface area contributed by atoms with Gasteiger partial charge in [-0.1, -0.05) is 32.9 Å². The molecule has 3 N–H and O–H groups in total. The summed E-state index contributed by atoms with van der Waals surface area (Å²) in [5.41, 5.74) is 8.21.